The number of hydrogen-bond donors (Lipinski definition) is 0. The number of imidazole rings is 1. The van der Waals surface area contributed by atoms with Gasteiger partial charge in [0, 0.05) is 49.2 Å². The molecule has 0 aromatic carbocycles. The smallest absolute Gasteiger partial charge is 0.270 e. The molecule has 3 aromatic heterocycles. The first-order valence-electron chi connectivity index (χ1n) is 10.7. The molecule has 1 spiro atoms. The number of fused-ring (bicyclic) bond motifs is 1. The lowest BCUT2D eigenvalue weighted by molar-refractivity contribution is -0.119. The van der Waals surface area contributed by atoms with Crippen molar-refractivity contribution in [2.45, 2.75) is 52.5 Å². The molecular formula is C23H27N5O2. The molecule has 0 unspecified atom stereocenters. The normalized spacial score (nSPS) is 17.6. The van der Waals surface area contributed by atoms with Gasteiger partial charge in [-0.15, -0.1) is 0 Å². The number of anilines is 1. The Balaban J connectivity index is 1.37. The second-order valence-corrected chi connectivity index (χ2v) is 9.00. The Kier molecular flexibility index (Phi) is 4.49. The second-order valence-electron chi connectivity index (χ2n) is 9.00. The van der Waals surface area contributed by atoms with Gasteiger partial charge < -0.3 is 9.30 Å². The van der Waals surface area contributed by atoms with Gasteiger partial charge in [0.2, 0.25) is 0 Å². The van der Waals surface area contributed by atoms with E-state index in [0.717, 1.165) is 35.7 Å². The summed E-state index contributed by atoms with van der Waals surface area (Å²) in [4.78, 5) is 32.1. The Morgan fingerprint density at radius 2 is 2.00 bits per heavy atom. The van der Waals surface area contributed by atoms with Crippen LogP contribution in [0.5, 0.6) is 0 Å². The Bertz CT molecular complexity index is 1190. The van der Waals surface area contributed by atoms with Crippen molar-refractivity contribution >= 4 is 17.2 Å². The minimum atomic E-state index is -0.175. The van der Waals surface area contributed by atoms with Crippen molar-refractivity contribution in [3.05, 3.63) is 57.8 Å². The molecule has 30 heavy (non-hydrogen) atoms. The summed E-state index contributed by atoms with van der Waals surface area (Å²) in [5, 5.41) is 4.65. The summed E-state index contributed by atoms with van der Waals surface area (Å²) in [5.41, 5.74) is 3.59. The summed E-state index contributed by atoms with van der Waals surface area (Å²) in [7, 11) is 0. The molecule has 0 bridgehead atoms. The number of pyridine rings is 1. The van der Waals surface area contributed by atoms with E-state index in [2.05, 4.69) is 15.0 Å². The fraction of sp³-hybridized carbons (Fsp3) is 0.478. The highest BCUT2D eigenvalue weighted by molar-refractivity contribution is 5.81. The monoisotopic (exact) mass is 405 g/mol. The molecule has 5 rings (SSSR count). The molecule has 7 heteroatoms. The van der Waals surface area contributed by atoms with E-state index in [1.807, 2.05) is 42.8 Å². The molecule has 0 radical (unpaired) electrons. The molecule has 0 N–H and O–H groups in total. The van der Waals surface area contributed by atoms with Crippen LogP contribution >= 0.6 is 0 Å². The van der Waals surface area contributed by atoms with E-state index >= 15 is 0 Å². The summed E-state index contributed by atoms with van der Waals surface area (Å²) in [6.45, 7) is 5.79. The standard InChI is InChI=1S/C23H27N5O2/c1-16-17(2)22(30)28(25-21(16)27-10-7-23(15-27)5-3-6-23)14-19(29)12-18-4-9-26-11-8-24-20(26)13-18/h4,8-9,11,13H,3,5-7,10,12,14-15H2,1-2H3. The number of hydrogen-bond acceptors (Lipinski definition) is 5. The third kappa shape index (κ3) is 3.22. The Morgan fingerprint density at radius 3 is 2.73 bits per heavy atom. The molecule has 1 saturated heterocycles. The van der Waals surface area contributed by atoms with E-state index < -0.39 is 0 Å². The largest absolute Gasteiger partial charge is 0.354 e. The van der Waals surface area contributed by atoms with Crippen LogP contribution in [0.25, 0.3) is 5.65 Å². The maximum atomic E-state index is 12.8. The molecular weight excluding hydrogens is 378 g/mol. The summed E-state index contributed by atoms with van der Waals surface area (Å²) < 4.78 is 3.26. The quantitative estimate of drug-likeness (QED) is 0.653. The number of carbonyl (C=O) groups excluding carboxylic acids is 1. The summed E-state index contributed by atoms with van der Waals surface area (Å²) in [6, 6.07) is 3.82. The molecule has 2 aliphatic rings. The van der Waals surface area contributed by atoms with Crippen molar-refractivity contribution < 1.29 is 4.79 Å². The van der Waals surface area contributed by atoms with Crippen molar-refractivity contribution in [1.29, 1.82) is 0 Å². The summed E-state index contributed by atoms with van der Waals surface area (Å²) in [5.74, 6) is 0.828. The topological polar surface area (TPSA) is 72.5 Å². The van der Waals surface area contributed by atoms with Gasteiger partial charge in [0.25, 0.3) is 5.56 Å². The zero-order valence-electron chi connectivity index (χ0n) is 17.6. The second kappa shape index (κ2) is 7.07. The molecule has 0 atom stereocenters. The minimum absolute atomic E-state index is 0.00838. The van der Waals surface area contributed by atoms with Crippen LogP contribution in [0.2, 0.25) is 0 Å². The molecule has 2 fully saturated rings. The van der Waals surface area contributed by atoms with Gasteiger partial charge in [-0.25, -0.2) is 9.67 Å². The number of rotatable bonds is 5. The molecule has 7 nitrogen and oxygen atoms in total. The van der Waals surface area contributed by atoms with Crippen molar-refractivity contribution in [1.82, 2.24) is 19.2 Å². The number of nitrogens with zero attached hydrogens (tertiary/aromatic N) is 5. The molecule has 1 aliphatic carbocycles. The van der Waals surface area contributed by atoms with E-state index in [-0.39, 0.29) is 24.3 Å². The Morgan fingerprint density at radius 1 is 1.17 bits per heavy atom. The maximum Gasteiger partial charge on any atom is 0.270 e. The van der Waals surface area contributed by atoms with E-state index in [4.69, 9.17) is 0 Å². The van der Waals surface area contributed by atoms with Gasteiger partial charge in [0.05, 0.1) is 0 Å². The average Bonchev–Trinajstić information content (AvgIpc) is 3.35. The van der Waals surface area contributed by atoms with Crippen LogP contribution in [0, 0.1) is 19.3 Å². The zero-order valence-corrected chi connectivity index (χ0v) is 17.6. The highest BCUT2D eigenvalue weighted by atomic mass is 16.1. The molecule has 1 saturated carbocycles. The predicted molar refractivity (Wildman–Crippen MR) is 115 cm³/mol. The average molecular weight is 406 g/mol. The minimum Gasteiger partial charge on any atom is -0.354 e. The lowest BCUT2D eigenvalue weighted by Gasteiger charge is -2.38. The molecule has 156 valence electrons. The van der Waals surface area contributed by atoms with Gasteiger partial charge in [0.15, 0.2) is 11.6 Å². The molecule has 0 amide bonds. The van der Waals surface area contributed by atoms with Crippen LogP contribution in [0.4, 0.5) is 5.82 Å². The molecule has 4 heterocycles. The predicted octanol–water partition coefficient (Wildman–Crippen LogP) is 2.70. The van der Waals surface area contributed by atoms with Gasteiger partial charge in [-0.1, -0.05) is 6.42 Å². The highest BCUT2D eigenvalue weighted by Gasteiger charge is 2.43. The zero-order chi connectivity index (χ0) is 20.9. The Labute approximate surface area is 175 Å². The van der Waals surface area contributed by atoms with Crippen LogP contribution in [0.1, 0.15) is 42.4 Å². The number of carbonyl (C=O) groups is 1. The van der Waals surface area contributed by atoms with Crippen LogP contribution in [0.3, 0.4) is 0 Å². The van der Waals surface area contributed by atoms with Crippen molar-refractivity contribution in [3.8, 4) is 0 Å². The number of aromatic nitrogens is 4. The first-order chi connectivity index (χ1) is 14.4. The third-order valence-corrected chi connectivity index (χ3v) is 7.01. The van der Waals surface area contributed by atoms with Gasteiger partial charge in [-0.05, 0) is 56.2 Å². The van der Waals surface area contributed by atoms with Gasteiger partial charge in [-0.2, -0.15) is 5.10 Å². The van der Waals surface area contributed by atoms with E-state index in [1.165, 1.54) is 30.4 Å². The Hall–Kier alpha value is -2.96. The van der Waals surface area contributed by atoms with Crippen molar-refractivity contribution in [3.63, 3.8) is 0 Å². The maximum absolute atomic E-state index is 12.8. The van der Waals surface area contributed by atoms with Crippen LogP contribution in [-0.2, 0) is 17.8 Å². The lowest BCUT2D eigenvalue weighted by Crippen LogP contribution is -2.36. The van der Waals surface area contributed by atoms with E-state index in [1.54, 1.807) is 6.20 Å². The molecule has 3 aromatic rings. The van der Waals surface area contributed by atoms with Crippen LogP contribution in [0.15, 0.2) is 35.5 Å². The van der Waals surface area contributed by atoms with Gasteiger partial charge in [0.1, 0.15) is 12.2 Å². The van der Waals surface area contributed by atoms with Crippen molar-refractivity contribution in [2.24, 2.45) is 5.41 Å². The fourth-order valence-corrected chi connectivity index (χ4v) is 4.88. The summed E-state index contributed by atoms with van der Waals surface area (Å²) in [6.07, 6.45) is 10.8. The van der Waals surface area contributed by atoms with Gasteiger partial charge in [-0.3, -0.25) is 9.59 Å². The first-order valence-corrected chi connectivity index (χ1v) is 10.7. The fourth-order valence-electron chi connectivity index (χ4n) is 4.88. The van der Waals surface area contributed by atoms with Gasteiger partial charge >= 0.3 is 0 Å². The van der Waals surface area contributed by atoms with E-state index in [9.17, 15) is 9.59 Å². The summed E-state index contributed by atoms with van der Waals surface area (Å²) >= 11 is 0. The molecule has 1 aliphatic heterocycles. The van der Waals surface area contributed by atoms with Crippen LogP contribution in [-0.4, -0.2) is 38.0 Å². The first kappa shape index (κ1) is 19.0. The number of Topliss-reactive ketones (excluding diaryl/α,β-unsaturated/α-hetero) is 1. The SMILES string of the molecule is Cc1c(N2CCC3(CCC3)C2)nn(CC(=O)Cc2ccn3ccnc3c2)c(=O)c1C. The third-order valence-electron chi connectivity index (χ3n) is 7.01. The van der Waals surface area contributed by atoms with E-state index in [0.29, 0.717) is 11.0 Å². The number of ketones is 1. The highest BCUT2D eigenvalue weighted by Crippen LogP contribution is 2.48. The van der Waals surface area contributed by atoms with Crippen molar-refractivity contribution in [2.75, 3.05) is 18.0 Å². The van der Waals surface area contributed by atoms with Crippen LogP contribution < -0.4 is 10.5 Å². The lowest BCUT2D eigenvalue weighted by atomic mass is 9.68.